The van der Waals surface area contributed by atoms with Gasteiger partial charge in [0.25, 0.3) is 0 Å². The van der Waals surface area contributed by atoms with E-state index in [1.54, 1.807) is 30.3 Å². The molecule has 108 valence electrons. The average Bonchev–Trinajstić information content (AvgIpc) is 3.01. The summed E-state index contributed by atoms with van der Waals surface area (Å²) in [6.07, 6.45) is 5.14. The molecule has 0 atom stereocenters. The molecule has 2 aromatic heterocycles. The lowest BCUT2D eigenvalue weighted by molar-refractivity contribution is 0.367. The second-order valence-electron chi connectivity index (χ2n) is 4.33. The van der Waals surface area contributed by atoms with Crippen LogP contribution in [0.3, 0.4) is 0 Å². The van der Waals surface area contributed by atoms with E-state index in [2.05, 4.69) is 49.4 Å². The van der Waals surface area contributed by atoms with Crippen molar-refractivity contribution in [3.8, 4) is 5.95 Å². The summed E-state index contributed by atoms with van der Waals surface area (Å²) in [6.45, 7) is 4.85. The number of likely N-dealkylation sites (N-methyl/N-ethyl adjacent to an activating group) is 1. The highest BCUT2D eigenvalue weighted by atomic mass is 15.3. The van der Waals surface area contributed by atoms with Gasteiger partial charge in [-0.2, -0.15) is 15.0 Å². The van der Waals surface area contributed by atoms with Crippen LogP contribution in [0.5, 0.6) is 0 Å². The molecule has 2 aromatic rings. The maximum Gasteiger partial charge on any atom is 0.241 e. The molecule has 0 saturated heterocycles. The summed E-state index contributed by atoms with van der Waals surface area (Å²) in [5.41, 5.74) is 0. The number of aromatic nitrogens is 5. The lowest BCUT2D eigenvalue weighted by Gasteiger charge is -2.14. The molecule has 0 radical (unpaired) electrons. The van der Waals surface area contributed by atoms with Gasteiger partial charge in [-0.15, -0.1) is 0 Å². The van der Waals surface area contributed by atoms with Crippen molar-refractivity contribution in [1.29, 1.82) is 0 Å². The van der Waals surface area contributed by atoms with E-state index in [1.165, 1.54) is 0 Å². The van der Waals surface area contributed by atoms with E-state index in [4.69, 9.17) is 0 Å². The van der Waals surface area contributed by atoms with E-state index in [1.807, 2.05) is 0 Å². The second kappa shape index (κ2) is 6.80. The van der Waals surface area contributed by atoms with Gasteiger partial charge < -0.3 is 15.5 Å². The number of rotatable bonds is 7. The molecule has 2 rings (SSSR count). The monoisotopic (exact) mass is 276 g/mol. The third kappa shape index (κ3) is 3.64. The number of hydrogen-bond acceptors (Lipinski definition) is 7. The fraction of sp³-hybridized carbons (Fsp3) is 0.500. The van der Waals surface area contributed by atoms with Gasteiger partial charge >= 0.3 is 0 Å². The van der Waals surface area contributed by atoms with Crippen molar-refractivity contribution in [2.45, 2.75) is 6.92 Å². The average molecular weight is 276 g/mol. The lowest BCUT2D eigenvalue weighted by atomic mass is 10.5. The zero-order valence-electron chi connectivity index (χ0n) is 12.0. The Kier molecular flexibility index (Phi) is 4.83. The highest BCUT2D eigenvalue weighted by molar-refractivity contribution is 5.37. The van der Waals surface area contributed by atoms with E-state index in [0.29, 0.717) is 17.8 Å². The highest BCUT2D eigenvalue weighted by Gasteiger charge is 2.07. The molecule has 0 aromatic carbocycles. The normalized spacial score (nSPS) is 10.8. The molecule has 0 aliphatic carbocycles. The van der Waals surface area contributed by atoms with Crippen LogP contribution in [0.2, 0.25) is 0 Å². The predicted molar refractivity (Wildman–Crippen MR) is 78.2 cm³/mol. The third-order valence-corrected chi connectivity index (χ3v) is 2.90. The van der Waals surface area contributed by atoms with Crippen LogP contribution < -0.4 is 10.6 Å². The summed E-state index contributed by atoms with van der Waals surface area (Å²) in [6, 6.07) is 0. The number of nitrogens with one attached hydrogen (secondary N) is 2. The molecule has 0 spiro atoms. The van der Waals surface area contributed by atoms with Gasteiger partial charge in [-0.1, -0.05) is 6.92 Å². The first kappa shape index (κ1) is 14.2. The van der Waals surface area contributed by atoms with Crippen LogP contribution >= 0.6 is 0 Å². The molecule has 0 aliphatic heterocycles. The van der Waals surface area contributed by atoms with Gasteiger partial charge in [-0.3, -0.25) is 4.57 Å². The van der Waals surface area contributed by atoms with Crippen molar-refractivity contribution < 1.29 is 0 Å². The van der Waals surface area contributed by atoms with E-state index in [-0.39, 0.29) is 0 Å². The molecular formula is C12H20N8. The van der Waals surface area contributed by atoms with Gasteiger partial charge in [0.15, 0.2) is 0 Å². The van der Waals surface area contributed by atoms with Crippen molar-refractivity contribution in [3.63, 3.8) is 0 Å². The number of imidazole rings is 1. The van der Waals surface area contributed by atoms with Gasteiger partial charge in [-0.25, -0.2) is 4.98 Å². The molecule has 8 heteroatoms. The van der Waals surface area contributed by atoms with E-state index in [0.717, 1.165) is 19.6 Å². The van der Waals surface area contributed by atoms with E-state index >= 15 is 0 Å². The summed E-state index contributed by atoms with van der Waals surface area (Å²) in [5.74, 6) is 1.61. The molecule has 2 heterocycles. The van der Waals surface area contributed by atoms with Gasteiger partial charge in [0.05, 0.1) is 0 Å². The SMILES string of the molecule is CCN(C)CCNc1nc(NC)nc(-n2ccnc2)n1. The van der Waals surface area contributed by atoms with Crippen LogP contribution in [0.15, 0.2) is 18.7 Å². The summed E-state index contributed by atoms with van der Waals surface area (Å²) < 4.78 is 1.74. The van der Waals surface area contributed by atoms with Crippen LogP contribution in [0.4, 0.5) is 11.9 Å². The minimum absolute atomic E-state index is 0.523. The maximum absolute atomic E-state index is 4.38. The first-order chi connectivity index (χ1) is 9.72. The Morgan fingerprint density at radius 1 is 1.25 bits per heavy atom. The van der Waals surface area contributed by atoms with Gasteiger partial charge in [-0.05, 0) is 13.6 Å². The largest absolute Gasteiger partial charge is 0.357 e. The molecule has 0 amide bonds. The Morgan fingerprint density at radius 3 is 2.70 bits per heavy atom. The molecule has 0 saturated carbocycles. The lowest BCUT2D eigenvalue weighted by Crippen LogP contribution is -2.25. The van der Waals surface area contributed by atoms with Gasteiger partial charge in [0.2, 0.25) is 17.8 Å². The fourth-order valence-electron chi connectivity index (χ4n) is 1.57. The number of hydrogen-bond donors (Lipinski definition) is 2. The van der Waals surface area contributed by atoms with Gasteiger partial charge in [0.1, 0.15) is 6.33 Å². The van der Waals surface area contributed by atoms with Crippen LogP contribution in [0, 0.1) is 0 Å². The number of nitrogens with zero attached hydrogens (tertiary/aromatic N) is 6. The molecule has 0 bridgehead atoms. The van der Waals surface area contributed by atoms with Crippen molar-refractivity contribution in [1.82, 2.24) is 29.4 Å². The molecule has 20 heavy (non-hydrogen) atoms. The summed E-state index contributed by atoms with van der Waals surface area (Å²) in [7, 11) is 3.85. The molecular weight excluding hydrogens is 256 g/mol. The molecule has 0 fully saturated rings. The molecule has 0 aliphatic rings. The quantitative estimate of drug-likeness (QED) is 0.760. The Labute approximate surface area is 118 Å². The summed E-state index contributed by atoms with van der Waals surface area (Å²) in [5, 5.41) is 6.14. The maximum atomic E-state index is 4.38. The fourth-order valence-corrected chi connectivity index (χ4v) is 1.57. The standard InChI is InChI=1S/C12H20N8/c1-4-19(3)7-6-15-11-16-10(13-2)17-12(18-11)20-8-5-14-9-20/h5,8-9H,4,6-7H2,1-3H3,(H2,13,15,16,17,18). The molecule has 8 nitrogen and oxygen atoms in total. The molecule has 0 unspecified atom stereocenters. The zero-order chi connectivity index (χ0) is 14.4. The first-order valence-electron chi connectivity index (χ1n) is 6.57. The minimum Gasteiger partial charge on any atom is -0.357 e. The minimum atomic E-state index is 0.523. The Bertz CT molecular complexity index is 524. The first-order valence-corrected chi connectivity index (χ1v) is 6.57. The zero-order valence-corrected chi connectivity index (χ0v) is 12.0. The van der Waals surface area contributed by atoms with Crippen LogP contribution in [0.1, 0.15) is 6.92 Å². The van der Waals surface area contributed by atoms with E-state index in [9.17, 15) is 0 Å². The van der Waals surface area contributed by atoms with Crippen molar-refractivity contribution in [2.24, 2.45) is 0 Å². The van der Waals surface area contributed by atoms with E-state index < -0.39 is 0 Å². The summed E-state index contributed by atoms with van der Waals surface area (Å²) >= 11 is 0. The second-order valence-corrected chi connectivity index (χ2v) is 4.33. The van der Waals surface area contributed by atoms with Crippen LogP contribution in [-0.4, -0.2) is 63.1 Å². The van der Waals surface area contributed by atoms with Crippen molar-refractivity contribution in [2.75, 3.05) is 44.4 Å². The number of anilines is 2. The Hall–Kier alpha value is -2.22. The Morgan fingerprint density at radius 2 is 2.05 bits per heavy atom. The Balaban J connectivity index is 2.10. The van der Waals surface area contributed by atoms with Crippen molar-refractivity contribution in [3.05, 3.63) is 18.7 Å². The smallest absolute Gasteiger partial charge is 0.241 e. The highest BCUT2D eigenvalue weighted by Crippen LogP contribution is 2.08. The predicted octanol–water partition coefficient (Wildman–Crippen LogP) is 0.463. The van der Waals surface area contributed by atoms with Crippen LogP contribution in [-0.2, 0) is 0 Å². The van der Waals surface area contributed by atoms with Gasteiger partial charge in [0, 0.05) is 32.5 Å². The topological polar surface area (TPSA) is 83.8 Å². The summed E-state index contributed by atoms with van der Waals surface area (Å²) in [4.78, 5) is 19.2. The van der Waals surface area contributed by atoms with Crippen molar-refractivity contribution >= 4 is 11.9 Å². The third-order valence-electron chi connectivity index (χ3n) is 2.90. The molecule has 2 N–H and O–H groups in total. The van der Waals surface area contributed by atoms with Crippen LogP contribution in [0.25, 0.3) is 5.95 Å².